The Kier molecular flexibility index (Phi) is 3.20. The number of benzene rings is 1. The van der Waals surface area contributed by atoms with E-state index in [4.69, 9.17) is 12.2 Å². The highest BCUT2D eigenvalue weighted by molar-refractivity contribution is 7.71. The van der Waals surface area contributed by atoms with Gasteiger partial charge in [0.05, 0.1) is 5.69 Å². The maximum Gasteiger partial charge on any atom is 0.127 e. The molecule has 0 unspecified atom stereocenters. The molecule has 96 valence electrons. The van der Waals surface area contributed by atoms with Crippen LogP contribution < -0.4 is 0 Å². The highest BCUT2D eigenvalue weighted by Gasteiger charge is 2.17. The van der Waals surface area contributed by atoms with Crippen molar-refractivity contribution in [2.75, 3.05) is 0 Å². The molecule has 0 bridgehead atoms. The van der Waals surface area contributed by atoms with Crippen molar-refractivity contribution in [2.45, 2.75) is 40.0 Å². The summed E-state index contributed by atoms with van der Waals surface area (Å²) in [6.07, 6.45) is 0. The third-order valence-electron chi connectivity index (χ3n) is 3.13. The molecule has 1 aromatic heterocycles. The lowest BCUT2D eigenvalue weighted by atomic mass is 9.93. The molecule has 0 saturated heterocycles. The fourth-order valence-electron chi connectivity index (χ4n) is 1.92. The zero-order chi connectivity index (χ0) is 13.5. The van der Waals surface area contributed by atoms with Crippen LogP contribution in [0.15, 0.2) is 24.3 Å². The molecule has 0 aliphatic carbocycles. The number of H-pyrrole nitrogens is 1. The topological polar surface area (TPSA) is 20.7 Å². The summed E-state index contributed by atoms with van der Waals surface area (Å²) in [5, 5.41) is 3.42. The van der Waals surface area contributed by atoms with E-state index < -0.39 is 0 Å². The van der Waals surface area contributed by atoms with Crippen molar-refractivity contribution in [3.8, 4) is 5.69 Å². The second kappa shape index (κ2) is 4.39. The van der Waals surface area contributed by atoms with E-state index in [0.717, 1.165) is 16.0 Å². The number of aromatic nitrogens is 2. The number of nitrogens with zero attached hydrogens (tertiary/aromatic N) is 1. The summed E-state index contributed by atoms with van der Waals surface area (Å²) >= 11 is 5.46. The lowest BCUT2D eigenvalue weighted by Gasteiger charge is -2.16. The maximum absolute atomic E-state index is 5.46. The molecule has 3 heteroatoms. The fourth-order valence-corrected chi connectivity index (χ4v) is 2.18. The summed E-state index contributed by atoms with van der Waals surface area (Å²) in [4.78, 5) is 0. The van der Waals surface area contributed by atoms with Crippen LogP contribution in [0.25, 0.3) is 5.69 Å². The van der Waals surface area contributed by atoms with E-state index in [0.29, 0.717) is 0 Å². The van der Waals surface area contributed by atoms with Crippen LogP contribution in [-0.4, -0.2) is 9.78 Å². The highest BCUT2D eigenvalue weighted by atomic mass is 32.1. The van der Waals surface area contributed by atoms with Crippen molar-refractivity contribution in [3.63, 3.8) is 0 Å². The van der Waals surface area contributed by atoms with Crippen molar-refractivity contribution >= 4 is 12.2 Å². The third kappa shape index (κ3) is 2.41. The molecule has 1 aromatic carbocycles. The van der Waals surface area contributed by atoms with Gasteiger partial charge in [-0.25, -0.2) is 4.68 Å². The van der Waals surface area contributed by atoms with Crippen molar-refractivity contribution in [2.24, 2.45) is 0 Å². The average Bonchev–Trinajstić information content (AvgIpc) is 2.64. The fraction of sp³-hybridized carbons (Fsp3) is 0.400. The minimum Gasteiger partial charge on any atom is -0.296 e. The van der Waals surface area contributed by atoms with Crippen LogP contribution in [-0.2, 0) is 5.41 Å². The van der Waals surface area contributed by atoms with E-state index in [1.807, 2.05) is 4.68 Å². The molecule has 2 aromatic rings. The summed E-state index contributed by atoms with van der Waals surface area (Å²) in [5.41, 5.74) is 4.84. The van der Waals surface area contributed by atoms with Gasteiger partial charge in [-0.15, -0.1) is 0 Å². The van der Waals surface area contributed by atoms with Gasteiger partial charge >= 0.3 is 0 Å². The number of hydrogen-bond acceptors (Lipinski definition) is 1. The Hall–Kier alpha value is -1.35. The molecule has 0 amide bonds. The number of rotatable bonds is 1. The van der Waals surface area contributed by atoms with Gasteiger partial charge in [0.2, 0.25) is 0 Å². The molecule has 1 heterocycles. The summed E-state index contributed by atoms with van der Waals surface area (Å²) in [7, 11) is 0. The lowest BCUT2D eigenvalue weighted by molar-refractivity contribution is 0.560. The molecular formula is C15H20N2S. The van der Waals surface area contributed by atoms with Crippen LogP contribution in [0.3, 0.4) is 0 Å². The molecule has 0 fully saturated rings. The van der Waals surface area contributed by atoms with E-state index >= 15 is 0 Å². The Labute approximate surface area is 114 Å². The van der Waals surface area contributed by atoms with Crippen molar-refractivity contribution < 1.29 is 0 Å². The zero-order valence-corrected chi connectivity index (χ0v) is 12.5. The third-order valence-corrected chi connectivity index (χ3v) is 3.43. The number of hydrogen-bond donors (Lipinski definition) is 1. The molecule has 2 rings (SSSR count). The first-order valence-corrected chi connectivity index (χ1v) is 6.60. The van der Waals surface area contributed by atoms with E-state index in [-0.39, 0.29) is 5.41 Å². The van der Waals surface area contributed by atoms with Gasteiger partial charge in [0, 0.05) is 11.1 Å². The molecule has 0 radical (unpaired) electrons. The Balaban J connectivity index is 2.62. The standard InChI is InChI=1S/C15H20N2S/c1-10-6-7-11(2)12(8-10)17-14(18)9-13(16-17)15(3,4)5/h6-9,16H,1-5H3. The zero-order valence-electron chi connectivity index (χ0n) is 11.7. The summed E-state index contributed by atoms with van der Waals surface area (Å²) in [6.45, 7) is 10.7. The van der Waals surface area contributed by atoms with E-state index in [2.05, 4.69) is 64.0 Å². The van der Waals surface area contributed by atoms with Crippen LogP contribution in [0, 0.1) is 18.5 Å². The minimum atomic E-state index is 0.0799. The Bertz CT molecular complexity index is 627. The molecule has 0 aliphatic heterocycles. The van der Waals surface area contributed by atoms with Crippen LogP contribution in [0.4, 0.5) is 0 Å². The van der Waals surface area contributed by atoms with Crippen molar-refractivity contribution in [1.82, 2.24) is 9.78 Å². The highest BCUT2D eigenvalue weighted by Crippen LogP contribution is 2.23. The SMILES string of the molecule is Cc1ccc(C)c(-n2[nH]c(C(C)(C)C)cc2=S)c1. The van der Waals surface area contributed by atoms with Crippen molar-refractivity contribution in [1.29, 1.82) is 0 Å². The van der Waals surface area contributed by atoms with E-state index in [1.54, 1.807) is 0 Å². The van der Waals surface area contributed by atoms with Gasteiger partial charge in [0.25, 0.3) is 0 Å². The van der Waals surface area contributed by atoms with Crippen molar-refractivity contribution in [3.05, 3.63) is 45.7 Å². The first kappa shape index (κ1) is 13.1. The van der Waals surface area contributed by atoms with Gasteiger partial charge in [-0.3, -0.25) is 5.10 Å². The van der Waals surface area contributed by atoms with Crippen LogP contribution in [0.2, 0.25) is 0 Å². The Morgan fingerprint density at radius 1 is 1.11 bits per heavy atom. The van der Waals surface area contributed by atoms with Crippen LogP contribution in [0.5, 0.6) is 0 Å². The predicted molar refractivity (Wildman–Crippen MR) is 79.1 cm³/mol. The van der Waals surface area contributed by atoms with Crippen LogP contribution >= 0.6 is 12.2 Å². The Morgan fingerprint density at radius 3 is 2.33 bits per heavy atom. The van der Waals surface area contributed by atoms with Gasteiger partial charge < -0.3 is 0 Å². The number of aryl methyl sites for hydroxylation is 2. The second-order valence-corrected chi connectivity index (χ2v) is 6.30. The van der Waals surface area contributed by atoms with E-state index in [9.17, 15) is 0 Å². The molecule has 1 N–H and O–H groups in total. The Morgan fingerprint density at radius 2 is 1.78 bits per heavy atom. The maximum atomic E-state index is 5.46. The smallest absolute Gasteiger partial charge is 0.127 e. The lowest BCUT2D eigenvalue weighted by Crippen LogP contribution is -2.12. The second-order valence-electron chi connectivity index (χ2n) is 5.88. The van der Waals surface area contributed by atoms with Gasteiger partial charge in [-0.2, -0.15) is 0 Å². The average molecular weight is 260 g/mol. The first-order chi connectivity index (χ1) is 8.29. The number of aromatic amines is 1. The van der Waals surface area contributed by atoms with Crippen LogP contribution in [0.1, 0.15) is 37.6 Å². The molecule has 0 spiro atoms. The van der Waals surface area contributed by atoms with Gasteiger partial charge in [-0.05, 0) is 37.1 Å². The predicted octanol–water partition coefficient (Wildman–Crippen LogP) is 4.45. The molecule has 2 nitrogen and oxygen atoms in total. The molecule has 0 saturated carbocycles. The summed E-state index contributed by atoms with van der Waals surface area (Å²) < 4.78 is 2.83. The molecule has 18 heavy (non-hydrogen) atoms. The minimum absolute atomic E-state index is 0.0799. The van der Waals surface area contributed by atoms with E-state index in [1.165, 1.54) is 11.1 Å². The first-order valence-electron chi connectivity index (χ1n) is 6.19. The monoisotopic (exact) mass is 260 g/mol. The largest absolute Gasteiger partial charge is 0.296 e. The normalized spacial score (nSPS) is 11.8. The summed E-state index contributed by atoms with van der Waals surface area (Å²) in [5.74, 6) is 0. The van der Waals surface area contributed by atoms with Gasteiger partial charge in [0.1, 0.15) is 4.64 Å². The molecule has 0 atom stereocenters. The van der Waals surface area contributed by atoms with Gasteiger partial charge in [-0.1, -0.05) is 45.1 Å². The summed E-state index contributed by atoms with van der Waals surface area (Å²) in [6, 6.07) is 8.46. The molecule has 0 aliphatic rings. The quantitative estimate of drug-likeness (QED) is 0.751. The molecular weight excluding hydrogens is 240 g/mol. The number of nitrogens with one attached hydrogen (secondary N) is 1. The van der Waals surface area contributed by atoms with Gasteiger partial charge in [0.15, 0.2) is 0 Å².